The van der Waals surface area contributed by atoms with Crippen LogP contribution >= 0.6 is 15.9 Å². The first-order valence-corrected chi connectivity index (χ1v) is 10.7. The number of fused-ring (bicyclic) bond motifs is 1. The molecule has 0 unspecified atom stereocenters. The standard InChI is InChI=1S/C24H24BrN3O2/c1-5-21-26-23-22(24(29)28(21)20-9-7-6-8-19(20)25)15(2)16(3)27(23)14-17-10-12-18(30-4)13-11-17/h6-13H,5,14H2,1-4H3. The second kappa shape index (κ2) is 8.11. The van der Waals surface area contributed by atoms with Gasteiger partial charge < -0.3 is 9.30 Å². The lowest BCUT2D eigenvalue weighted by Crippen LogP contribution is -2.24. The van der Waals surface area contributed by atoms with Crippen LogP contribution in [0.3, 0.4) is 0 Å². The quantitative estimate of drug-likeness (QED) is 0.407. The van der Waals surface area contributed by atoms with Crippen LogP contribution in [0.1, 0.15) is 29.6 Å². The molecule has 30 heavy (non-hydrogen) atoms. The maximum Gasteiger partial charge on any atom is 0.267 e. The van der Waals surface area contributed by atoms with Crippen LogP contribution in [0, 0.1) is 13.8 Å². The number of methoxy groups -OCH3 is 1. The van der Waals surface area contributed by atoms with Gasteiger partial charge in [-0.05, 0) is 65.2 Å². The number of aromatic nitrogens is 3. The summed E-state index contributed by atoms with van der Waals surface area (Å²) in [7, 11) is 1.66. The molecule has 6 heteroatoms. The number of ether oxygens (including phenoxy) is 1. The summed E-state index contributed by atoms with van der Waals surface area (Å²) in [5, 5.41) is 0.675. The number of aryl methyl sites for hydroxylation is 2. The van der Waals surface area contributed by atoms with E-state index in [-0.39, 0.29) is 5.56 Å². The highest BCUT2D eigenvalue weighted by Crippen LogP contribution is 2.26. The molecule has 2 aromatic heterocycles. The van der Waals surface area contributed by atoms with Crippen LogP contribution in [0.15, 0.2) is 57.8 Å². The van der Waals surface area contributed by atoms with Crippen molar-refractivity contribution < 1.29 is 4.74 Å². The molecule has 0 N–H and O–H groups in total. The Bertz CT molecular complexity index is 1290. The predicted molar refractivity (Wildman–Crippen MR) is 124 cm³/mol. The molecule has 0 saturated carbocycles. The van der Waals surface area contributed by atoms with Gasteiger partial charge in [-0.25, -0.2) is 4.98 Å². The molecule has 0 aliphatic rings. The van der Waals surface area contributed by atoms with Crippen molar-refractivity contribution in [3.63, 3.8) is 0 Å². The Balaban J connectivity index is 1.94. The largest absolute Gasteiger partial charge is 0.497 e. The minimum Gasteiger partial charge on any atom is -0.497 e. The SMILES string of the molecule is CCc1nc2c(c(C)c(C)n2Cc2ccc(OC)cc2)c(=O)n1-c1ccccc1Br. The van der Waals surface area contributed by atoms with Gasteiger partial charge in [0.25, 0.3) is 5.56 Å². The molecule has 0 spiro atoms. The summed E-state index contributed by atoms with van der Waals surface area (Å²) in [5.74, 6) is 1.57. The molecule has 4 aromatic rings. The second-order valence-corrected chi connectivity index (χ2v) is 8.17. The van der Waals surface area contributed by atoms with Crippen molar-refractivity contribution in [2.45, 2.75) is 33.7 Å². The number of rotatable bonds is 5. The van der Waals surface area contributed by atoms with Crippen LogP contribution in [0.5, 0.6) is 5.75 Å². The monoisotopic (exact) mass is 465 g/mol. The molecular formula is C24H24BrN3O2. The van der Waals surface area contributed by atoms with Crippen molar-refractivity contribution in [1.82, 2.24) is 14.1 Å². The number of hydrogen-bond acceptors (Lipinski definition) is 3. The van der Waals surface area contributed by atoms with Crippen LogP contribution in [0.25, 0.3) is 16.7 Å². The van der Waals surface area contributed by atoms with E-state index in [9.17, 15) is 4.79 Å². The Morgan fingerprint density at radius 2 is 1.77 bits per heavy atom. The third-order valence-corrected chi connectivity index (χ3v) is 6.29. The zero-order valence-electron chi connectivity index (χ0n) is 17.6. The Morgan fingerprint density at radius 3 is 2.40 bits per heavy atom. The van der Waals surface area contributed by atoms with Gasteiger partial charge in [-0.15, -0.1) is 0 Å². The summed E-state index contributed by atoms with van der Waals surface area (Å²) in [4.78, 5) is 18.6. The normalized spacial score (nSPS) is 11.2. The lowest BCUT2D eigenvalue weighted by Gasteiger charge is -2.14. The molecule has 0 fully saturated rings. The fraction of sp³-hybridized carbons (Fsp3) is 0.250. The molecule has 2 heterocycles. The van der Waals surface area contributed by atoms with Crippen LogP contribution < -0.4 is 10.3 Å². The second-order valence-electron chi connectivity index (χ2n) is 7.32. The van der Waals surface area contributed by atoms with Crippen molar-refractivity contribution in [3.05, 3.63) is 86.0 Å². The Morgan fingerprint density at radius 1 is 1.07 bits per heavy atom. The fourth-order valence-corrected chi connectivity index (χ4v) is 4.31. The Labute approximate surface area is 184 Å². The molecule has 0 bridgehead atoms. The molecule has 4 rings (SSSR count). The first-order chi connectivity index (χ1) is 14.5. The summed E-state index contributed by atoms with van der Waals surface area (Å²) < 4.78 is 10.0. The smallest absolute Gasteiger partial charge is 0.267 e. The van der Waals surface area contributed by atoms with E-state index in [4.69, 9.17) is 9.72 Å². The molecule has 0 atom stereocenters. The fourth-order valence-electron chi connectivity index (χ4n) is 3.84. The van der Waals surface area contributed by atoms with Crippen molar-refractivity contribution in [2.24, 2.45) is 0 Å². The van der Waals surface area contributed by atoms with E-state index in [1.165, 1.54) is 0 Å². The van der Waals surface area contributed by atoms with Gasteiger partial charge in [0.05, 0.1) is 18.2 Å². The van der Waals surface area contributed by atoms with E-state index in [1.54, 1.807) is 11.7 Å². The van der Waals surface area contributed by atoms with Crippen molar-refractivity contribution in [1.29, 1.82) is 0 Å². The van der Waals surface area contributed by atoms with Crippen molar-refractivity contribution >= 4 is 27.0 Å². The average molecular weight is 466 g/mol. The summed E-state index contributed by atoms with van der Waals surface area (Å²) in [5.41, 5.74) is 4.68. The third-order valence-electron chi connectivity index (χ3n) is 5.62. The lowest BCUT2D eigenvalue weighted by molar-refractivity contribution is 0.414. The molecule has 0 aliphatic carbocycles. The number of nitrogens with zero attached hydrogens (tertiary/aromatic N) is 3. The lowest BCUT2D eigenvalue weighted by atomic mass is 10.2. The third kappa shape index (κ3) is 3.35. The zero-order valence-corrected chi connectivity index (χ0v) is 19.2. The van der Waals surface area contributed by atoms with Crippen molar-refractivity contribution in [2.75, 3.05) is 7.11 Å². The molecule has 0 aliphatic heterocycles. The highest BCUT2D eigenvalue weighted by atomic mass is 79.9. The zero-order chi connectivity index (χ0) is 21.4. The van der Waals surface area contributed by atoms with Gasteiger partial charge in [0, 0.05) is 23.1 Å². The summed E-state index contributed by atoms with van der Waals surface area (Å²) >= 11 is 3.59. The Kier molecular flexibility index (Phi) is 5.52. The first-order valence-electron chi connectivity index (χ1n) is 9.95. The van der Waals surface area contributed by atoms with E-state index in [2.05, 4.69) is 20.5 Å². The highest BCUT2D eigenvalue weighted by molar-refractivity contribution is 9.10. The maximum absolute atomic E-state index is 13.7. The predicted octanol–water partition coefficient (Wildman–Crippen LogP) is 5.19. The van der Waals surface area contributed by atoms with Crippen LogP contribution in [-0.2, 0) is 13.0 Å². The number of benzene rings is 2. The Hall–Kier alpha value is -2.86. The van der Waals surface area contributed by atoms with Gasteiger partial charge in [-0.2, -0.15) is 0 Å². The molecular weight excluding hydrogens is 442 g/mol. The van der Waals surface area contributed by atoms with Crippen molar-refractivity contribution in [3.8, 4) is 11.4 Å². The van der Waals surface area contributed by atoms with E-state index in [0.717, 1.165) is 44.2 Å². The van der Waals surface area contributed by atoms with Crippen LogP contribution in [0.2, 0.25) is 0 Å². The summed E-state index contributed by atoms with van der Waals surface area (Å²) in [6, 6.07) is 15.8. The number of hydrogen-bond donors (Lipinski definition) is 0. The average Bonchev–Trinajstić information content (AvgIpc) is 2.99. The molecule has 0 amide bonds. The van der Waals surface area contributed by atoms with Gasteiger partial charge in [-0.1, -0.05) is 31.2 Å². The van der Waals surface area contributed by atoms with E-state index >= 15 is 0 Å². The van der Waals surface area contributed by atoms with Crippen LogP contribution in [-0.4, -0.2) is 21.2 Å². The molecule has 0 saturated heterocycles. The van der Waals surface area contributed by atoms with E-state index in [1.807, 2.05) is 69.3 Å². The molecule has 2 aromatic carbocycles. The van der Waals surface area contributed by atoms with Gasteiger partial charge in [0.15, 0.2) is 0 Å². The summed E-state index contributed by atoms with van der Waals surface area (Å²) in [6.45, 7) is 6.72. The maximum atomic E-state index is 13.7. The number of para-hydroxylation sites is 1. The molecule has 154 valence electrons. The van der Waals surface area contributed by atoms with E-state index in [0.29, 0.717) is 18.4 Å². The van der Waals surface area contributed by atoms with Gasteiger partial charge in [0.1, 0.15) is 17.2 Å². The van der Waals surface area contributed by atoms with Crippen LogP contribution in [0.4, 0.5) is 0 Å². The molecule has 0 radical (unpaired) electrons. The topological polar surface area (TPSA) is 49.1 Å². The minimum absolute atomic E-state index is 0.0298. The van der Waals surface area contributed by atoms with Gasteiger partial charge >= 0.3 is 0 Å². The van der Waals surface area contributed by atoms with Gasteiger partial charge in [-0.3, -0.25) is 9.36 Å². The first kappa shape index (κ1) is 20.4. The minimum atomic E-state index is -0.0298. The highest BCUT2D eigenvalue weighted by Gasteiger charge is 2.21. The summed E-state index contributed by atoms with van der Waals surface area (Å²) in [6.07, 6.45) is 0.651. The van der Waals surface area contributed by atoms with Gasteiger partial charge in [0.2, 0.25) is 0 Å². The number of halogens is 1. The van der Waals surface area contributed by atoms with E-state index < -0.39 is 0 Å². The molecule has 5 nitrogen and oxygen atoms in total.